The van der Waals surface area contributed by atoms with Crippen molar-refractivity contribution in [2.75, 3.05) is 43.6 Å². The Hall–Kier alpha value is -0.230. The summed E-state index contributed by atoms with van der Waals surface area (Å²) >= 11 is 1.89. The van der Waals surface area contributed by atoms with Gasteiger partial charge < -0.3 is 10.2 Å². The average molecular weight is 379 g/mol. The third kappa shape index (κ3) is 5.66. The molecular formula is C16H28Cl2N4S. The van der Waals surface area contributed by atoms with E-state index >= 15 is 0 Å². The van der Waals surface area contributed by atoms with Crippen LogP contribution in [0.2, 0.25) is 0 Å². The van der Waals surface area contributed by atoms with Crippen LogP contribution in [-0.4, -0.2) is 48.7 Å². The lowest BCUT2D eigenvalue weighted by Gasteiger charge is -2.22. The molecule has 0 aromatic carbocycles. The van der Waals surface area contributed by atoms with E-state index in [1.807, 2.05) is 11.8 Å². The van der Waals surface area contributed by atoms with Gasteiger partial charge in [0.05, 0.1) is 5.69 Å². The maximum absolute atomic E-state index is 4.94. The van der Waals surface area contributed by atoms with Gasteiger partial charge in [0.2, 0.25) is 0 Å². The third-order valence-electron chi connectivity index (χ3n) is 4.37. The topological polar surface area (TPSA) is 41.1 Å². The van der Waals surface area contributed by atoms with Crippen molar-refractivity contribution in [1.82, 2.24) is 15.3 Å². The molecule has 1 aromatic heterocycles. The van der Waals surface area contributed by atoms with Gasteiger partial charge in [-0.25, -0.2) is 9.97 Å². The van der Waals surface area contributed by atoms with E-state index in [2.05, 4.69) is 23.5 Å². The Morgan fingerprint density at radius 2 is 1.91 bits per heavy atom. The smallest absolute Gasteiger partial charge is 0.135 e. The Labute approximate surface area is 156 Å². The lowest BCUT2D eigenvalue weighted by Crippen LogP contribution is -2.25. The molecule has 0 bridgehead atoms. The van der Waals surface area contributed by atoms with E-state index in [4.69, 9.17) is 9.97 Å². The summed E-state index contributed by atoms with van der Waals surface area (Å²) in [5, 5.41) is 3.49. The van der Waals surface area contributed by atoms with Crippen LogP contribution in [0.4, 0.5) is 5.82 Å². The summed E-state index contributed by atoms with van der Waals surface area (Å²) in [6.07, 6.45) is 8.05. The van der Waals surface area contributed by atoms with Gasteiger partial charge in [0, 0.05) is 44.3 Å². The van der Waals surface area contributed by atoms with E-state index in [-0.39, 0.29) is 24.8 Å². The second-order valence-corrected chi connectivity index (χ2v) is 7.19. The second-order valence-electron chi connectivity index (χ2n) is 6.20. The molecule has 0 amide bonds. The number of rotatable bonds is 6. The van der Waals surface area contributed by atoms with Crippen LogP contribution in [0, 0.1) is 5.92 Å². The number of nitrogens with zero attached hydrogens (tertiary/aromatic N) is 3. The molecule has 1 saturated carbocycles. The maximum Gasteiger partial charge on any atom is 0.135 e. The molecule has 0 radical (unpaired) electrons. The van der Waals surface area contributed by atoms with Crippen molar-refractivity contribution in [2.45, 2.75) is 32.1 Å². The zero-order chi connectivity index (χ0) is 14.7. The summed E-state index contributed by atoms with van der Waals surface area (Å²) in [6, 6.07) is 0. The van der Waals surface area contributed by atoms with Gasteiger partial charge in [0.1, 0.15) is 11.6 Å². The number of aromatic nitrogens is 2. The molecule has 1 aromatic rings. The molecule has 1 N–H and O–H groups in total. The molecule has 0 saturated heterocycles. The van der Waals surface area contributed by atoms with E-state index in [0.717, 1.165) is 56.4 Å². The van der Waals surface area contributed by atoms with Gasteiger partial charge in [-0.05, 0) is 38.0 Å². The van der Waals surface area contributed by atoms with Gasteiger partial charge in [-0.1, -0.05) is 0 Å². The highest BCUT2D eigenvalue weighted by molar-refractivity contribution is 7.98. The lowest BCUT2D eigenvalue weighted by atomic mass is 10.1. The molecule has 2 aliphatic rings. The zero-order valence-corrected chi connectivity index (χ0v) is 16.5. The Kier molecular flexibility index (Phi) is 8.98. The van der Waals surface area contributed by atoms with Crippen molar-refractivity contribution in [1.29, 1.82) is 0 Å². The predicted molar refractivity (Wildman–Crippen MR) is 105 cm³/mol. The zero-order valence-electron chi connectivity index (χ0n) is 14.0. The summed E-state index contributed by atoms with van der Waals surface area (Å²) in [5.41, 5.74) is 2.67. The first-order valence-electron chi connectivity index (χ1n) is 8.07. The monoisotopic (exact) mass is 378 g/mol. The van der Waals surface area contributed by atoms with E-state index in [9.17, 15) is 0 Å². The standard InChI is InChI=1S/C16H26N4S.2ClH/c1-20(9-10-21-2)16-13-5-7-17-8-6-14(13)18-15(19-16)11-12-3-4-12;;/h12,17H,3-11H2,1-2H3;2*1H. The first-order chi connectivity index (χ1) is 10.3. The van der Waals surface area contributed by atoms with Crippen LogP contribution in [-0.2, 0) is 19.3 Å². The number of halogens is 2. The highest BCUT2D eigenvalue weighted by atomic mass is 35.5. The molecule has 0 atom stereocenters. The highest BCUT2D eigenvalue weighted by Crippen LogP contribution is 2.33. The number of thioether (sulfide) groups is 1. The SMILES string of the molecule is CSCCN(C)c1nc(CC2CC2)nc2c1CCNCC2.Cl.Cl. The molecule has 4 nitrogen and oxygen atoms in total. The Morgan fingerprint density at radius 3 is 2.61 bits per heavy atom. The fraction of sp³-hybridized carbons (Fsp3) is 0.750. The number of nitrogens with one attached hydrogen (secondary N) is 1. The van der Waals surface area contributed by atoms with Gasteiger partial charge in [-0.2, -0.15) is 11.8 Å². The fourth-order valence-electron chi connectivity index (χ4n) is 2.90. The number of hydrogen-bond donors (Lipinski definition) is 1. The van der Waals surface area contributed by atoms with Gasteiger partial charge >= 0.3 is 0 Å². The summed E-state index contributed by atoms with van der Waals surface area (Å²) in [6.45, 7) is 3.14. The molecule has 7 heteroatoms. The molecule has 1 aliphatic carbocycles. The van der Waals surface area contributed by atoms with Crippen LogP contribution >= 0.6 is 36.6 Å². The van der Waals surface area contributed by atoms with Gasteiger partial charge in [-0.3, -0.25) is 0 Å². The van der Waals surface area contributed by atoms with Crippen molar-refractivity contribution in [3.63, 3.8) is 0 Å². The van der Waals surface area contributed by atoms with Crippen LogP contribution in [0.25, 0.3) is 0 Å². The number of hydrogen-bond acceptors (Lipinski definition) is 5. The van der Waals surface area contributed by atoms with Crippen LogP contribution in [0.1, 0.15) is 29.9 Å². The number of fused-ring (bicyclic) bond motifs is 1. The molecule has 1 fully saturated rings. The normalized spacial score (nSPS) is 16.6. The Morgan fingerprint density at radius 1 is 1.17 bits per heavy atom. The minimum absolute atomic E-state index is 0. The maximum atomic E-state index is 4.94. The fourth-order valence-corrected chi connectivity index (χ4v) is 3.35. The molecule has 0 spiro atoms. The Balaban J connectivity index is 0.00000132. The molecular weight excluding hydrogens is 351 g/mol. The molecule has 0 unspecified atom stereocenters. The van der Waals surface area contributed by atoms with Crippen molar-refractivity contribution >= 4 is 42.4 Å². The van der Waals surface area contributed by atoms with Crippen molar-refractivity contribution in [3.05, 3.63) is 17.1 Å². The largest absolute Gasteiger partial charge is 0.359 e. The summed E-state index contributed by atoms with van der Waals surface area (Å²) in [4.78, 5) is 12.2. The highest BCUT2D eigenvalue weighted by Gasteiger charge is 2.25. The van der Waals surface area contributed by atoms with Gasteiger partial charge in [0.25, 0.3) is 0 Å². The summed E-state index contributed by atoms with van der Waals surface area (Å²) in [7, 11) is 2.18. The summed E-state index contributed by atoms with van der Waals surface area (Å²) < 4.78 is 0. The van der Waals surface area contributed by atoms with Crippen molar-refractivity contribution in [3.8, 4) is 0 Å². The van der Waals surface area contributed by atoms with E-state index in [1.54, 1.807) is 0 Å². The quantitative estimate of drug-likeness (QED) is 0.823. The molecule has 3 rings (SSSR count). The summed E-state index contributed by atoms with van der Waals surface area (Å²) in [5.74, 6) is 4.25. The van der Waals surface area contributed by atoms with Crippen LogP contribution in [0.5, 0.6) is 0 Å². The minimum atomic E-state index is 0. The second kappa shape index (κ2) is 9.92. The van der Waals surface area contributed by atoms with Crippen molar-refractivity contribution in [2.24, 2.45) is 5.92 Å². The van der Waals surface area contributed by atoms with E-state index in [0.29, 0.717) is 0 Å². The van der Waals surface area contributed by atoms with Gasteiger partial charge in [-0.15, -0.1) is 24.8 Å². The van der Waals surface area contributed by atoms with Crippen molar-refractivity contribution < 1.29 is 0 Å². The first-order valence-corrected chi connectivity index (χ1v) is 9.46. The van der Waals surface area contributed by atoms with Crippen LogP contribution in [0.3, 0.4) is 0 Å². The first kappa shape index (κ1) is 20.8. The van der Waals surface area contributed by atoms with Gasteiger partial charge in [0.15, 0.2) is 0 Å². The molecule has 2 heterocycles. The number of anilines is 1. The lowest BCUT2D eigenvalue weighted by molar-refractivity contribution is 0.706. The Bertz CT molecular complexity index is 497. The minimum Gasteiger partial charge on any atom is -0.359 e. The van der Waals surface area contributed by atoms with E-state index in [1.165, 1.54) is 29.9 Å². The van der Waals surface area contributed by atoms with E-state index < -0.39 is 0 Å². The molecule has 132 valence electrons. The van der Waals surface area contributed by atoms with Crippen LogP contribution in [0.15, 0.2) is 0 Å². The average Bonchev–Trinajstić information content (AvgIpc) is 3.30. The predicted octanol–water partition coefficient (Wildman–Crippen LogP) is 2.76. The van der Waals surface area contributed by atoms with Crippen LogP contribution < -0.4 is 10.2 Å². The molecule has 23 heavy (non-hydrogen) atoms. The molecule has 1 aliphatic heterocycles. The third-order valence-corrected chi connectivity index (χ3v) is 4.96.